The smallest absolute Gasteiger partial charge is 0.262 e. The van der Waals surface area contributed by atoms with Gasteiger partial charge in [-0.15, -0.1) is 0 Å². The van der Waals surface area contributed by atoms with Gasteiger partial charge in [0.05, 0.1) is 12.2 Å². The van der Waals surface area contributed by atoms with E-state index in [0.717, 1.165) is 11.5 Å². The summed E-state index contributed by atoms with van der Waals surface area (Å²) in [6.45, 7) is 2.59. The van der Waals surface area contributed by atoms with E-state index in [0.29, 0.717) is 35.4 Å². The molecule has 0 radical (unpaired) electrons. The summed E-state index contributed by atoms with van der Waals surface area (Å²) in [6.07, 6.45) is 1.17. The normalized spacial score (nSPS) is 21.1. The Morgan fingerprint density at radius 1 is 1.32 bits per heavy atom. The Morgan fingerprint density at radius 2 is 2.12 bits per heavy atom. The molecular formula is C19H20N2O4. The highest BCUT2D eigenvalue weighted by molar-refractivity contribution is 5.98. The molecule has 6 nitrogen and oxygen atoms in total. The van der Waals surface area contributed by atoms with Crippen molar-refractivity contribution < 1.29 is 18.7 Å². The van der Waals surface area contributed by atoms with Gasteiger partial charge in [0.25, 0.3) is 11.8 Å². The molecule has 0 bridgehead atoms. The van der Waals surface area contributed by atoms with Crippen LogP contribution in [-0.4, -0.2) is 30.4 Å². The van der Waals surface area contributed by atoms with Gasteiger partial charge in [-0.2, -0.15) is 0 Å². The Bertz CT molecular complexity index is 842. The molecule has 1 aromatic carbocycles. The van der Waals surface area contributed by atoms with Crippen LogP contribution in [0.2, 0.25) is 0 Å². The third-order valence-electron chi connectivity index (χ3n) is 4.76. The highest BCUT2D eigenvalue weighted by Crippen LogP contribution is 2.47. The number of hydrogen-bond donors (Lipinski definition) is 1. The lowest BCUT2D eigenvalue weighted by molar-refractivity contribution is -0.118. The predicted octanol–water partition coefficient (Wildman–Crippen LogP) is 3.01. The molecular weight excluding hydrogens is 320 g/mol. The molecule has 1 aromatic heterocycles. The van der Waals surface area contributed by atoms with Gasteiger partial charge in [-0.05, 0) is 42.7 Å². The molecule has 2 amide bonds. The molecule has 1 N–H and O–H groups in total. The maximum Gasteiger partial charge on any atom is 0.262 e. The fraction of sp³-hybridized carbons (Fsp3) is 0.368. The van der Waals surface area contributed by atoms with Crippen LogP contribution < -0.4 is 10.1 Å². The summed E-state index contributed by atoms with van der Waals surface area (Å²) in [5.74, 6) is 3.22. The number of nitrogens with zero attached hydrogens (tertiary/aromatic N) is 1. The van der Waals surface area contributed by atoms with Gasteiger partial charge in [0.15, 0.2) is 6.61 Å². The summed E-state index contributed by atoms with van der Waals surface area (Å²) in [7, 11) is 1.74. The molecule has 2 atom stereocenters. The standard InChI is InChI=1S/C19H20N2O4/c1-11-7-14(11)16-6-4-13(25-16)9-21(2)19(23)12-3-5-15-17(8-12)24-10-18(22)20-15/h3-6,8,11,14H,7,9-10H2,1-2H3,(H,20,22)/t11-,14-/m1/s1. The zero-order valence-corrected chi connectivity index (χ0v) is 14.2. The molecule has 1 saturated carbocycles. The molecule has 0 unspecified atom stereocenters. The van der Waals surface area contributed by atoms with E-state index in [1.807, 2.05) is 12.1 Å². The number of carbonyl (C=O) groups is 2. The lowest BCUT2D eigenvalue weighted by atomic mass is 10.1. The number of fused-ring (bicyclic) bond motifs is 1. The van der Waals surface area contributed by atoms with Crippen LogP contribution in [0.1, 0.15) is 41.1 Å². The third kappa shape index (κ3) is 3.12. The van der Waals surface area contributed by atoms with E-state index in [1.165, 1.54) is 6.42 Å². The van der Waals surface area contributed by atoms with Gasteiger partial charge < -0.3 is 19.4 Å². The number of benzene rings is 1. The molecule has 0 saturated heterocycles. The molecule has 2 aromatic rings. The Kier molecular flexibility index (Phi) is 3.75. The lowest BCUT2D eigenvalue weighted by Crippen LogP contribution is -2.28. The van der Waals surface area contributed by atoms with Crippen LogP contribution in [0.15, 0.2) is 34.7 Å². The van der Waals surface area contributed by atoms with E-state index in [1.54, 1.807) is 30.1 Å². The monoisotopic (exact) mass is 340 g/mol. The number of anilines is 1. The minimum Gasteiger partial charge on any atom is -0.482 e. The van der Waals surface area contributed by atoms with Gasteiger partial charge in [0, 0.05) is 18.5 Å². The second-order valence-electron chi connectivity index (χ2n) is 6.83. The number of carbonyl (C=O) groups excluding carboxylic acids is 2. The Balaban J connectivity index is 1.45. The van der Waals surface area contributed by atoms with Gasteiger partial charge >= 0.3 is 0 Å². The van der Waals surface area contributed by atoms with Gasteiger partial charge in [0.2, 0.25) is 0 Å². The summed E-state index contributed by atoms with van der Waals surface area (Å²) in [4.78, 5) is 25.6. The molecule has 0 spiro atoms. The molecule has 130 valence electrons. The van der Waals surface area contributed by atoms with Crippen LogP contribution in [0.4, 0.5) is 5.69 Å². The van der Waals surface area contributed by atoms with Crippen molar-refractivity contribution in [3.05, 3.63) is 47.4 Å². The van der Waals surface area contributed by atoms with Crippen molar-refractivity contribution in [2.24, 2.45) is 5.92 Å². The molecule has 6 heteroatoms. The van der Waals surface area contributed by atoms with E-state index >= 15 is 0 Å². The van der Waals surface area contributed by atoms with Crippen LogP contribution in [0.5, 0.6) is 5.75 Å². The topological polar surface area (TPSA) is 71.8 Å². The second kappa shape index (κ2) is 5.95. The quantitative estimate of drug-likeness (QED) is 0.929. The number of rotatable bonds is 4. The van der Waals surface area contributed by atoms with E-state index in [-0.39, 0.29) is 18.4 Å². The van der Waals surface area contributed by atoms with Crippen LogP contribution >= 0.6 is 0 Å². The minimum absolute atomic E-state index is 0.0325. The summed E-state index contributed by atoms with van der Waals surface area (Å²) in [5, 5.41) is 2.71. The first kappa shape index (κ1) is 15.7. The van der Waals surface area contributed by atoms with E-state index in [9.17, 15) is 9.59 Å². The first-order chi connectivity index (χ1) is 12.0. The van der Waals surface area contributed by atoms with Crippen molar-refractivity contribution in [2.75, 3.05) is 19.0 Å². The number of hydrogen-bond acceptors (Lipinski definition) is 4. The largest absolute Gasteiger partial charge is 0.482 e. The van der Waals surface area contributed by atoms with Crippen molar-refractivity contribution in [1.82, 2.24) is 4.90 Å². The average molecular weight is 340 g/mol. The number of ether oxygens (including phenoxy) is 1. The summed E-state index contributed by atoms with van der Waals surface area (Å²) < 4.78 is 11.2. The zero-order valence-electron chi connectivity index (χ0n) is 14.2. The van der Waals surface area contributed by atoms with Crippen molar-refractivity contribution in [2.45, 2.75) is 25.8 Å². The van der Waals surface area contributed by atoms with E-state index < -0.39 is 0 Å². The second-order valence-corrected chi connectivity index (χ2v) is 6.83. The molecule has 25 heavy (non-hydrogen) atoms. The van der Waals surface area contributed by atoms with Crippen LogP contribution in [0.25, 0.3) is 0 Å². The Labute approximate surface area is 145 Å². The molecule has 1 aliphatic carbocycles. The average Bonchev–Trinajstić information content (AvgIpc) is 3.15. The van der Waals surface area contributed by atoms with Crippen molar-refractivity contribution in [3.8, 4) is 5.75 Å². The predicted molar refractivity (Wildman–Crippen MR) is 91.6 cm³/mol. The van der Waals surface area contributed by atoms with Crippen LogP contribution in [0.3, 0.4) is 0 Å². The number of furan rings is 1. The number of nitrogens with one attached hydrogen (secondary N) is 1. The maximum atomic E-state index is 12.6. The minimum atomic E-state index is -0.192. The van der Waals surface area contributed by atoms with Crippen LogP contribution in [-0.2, 0) is 11.3 Å². The molecule has 1 aliphatic heterocycles. The SMILES string of the molecule is C[C@@H]1C[C@H]1c1ccc(CN(C)C(=O)c2ccc3c(c2)OCC(=O)N3)o1. The highest BCUT2D eigenvalue weighted by Gasteiger charge is 2.36. The fourth-order valence-corrected chi connectivity index (χ4v) is 3.13. The van der Waals surface area contributed by atoms with Gasteiger partial charge in [-0.25, -0.2) is 0 Å². The van der Waals surface area contributed by atoms with Gasteiger partial charge in [-0.1, -0.05) is 6.92 Å². The lowest BCUT2D eigenvalue weighted by Gasteiger charge is -2.20. The molecule has 4 rings (SSSR count). The highest BCUT2D eigenvalue weighted by atomic mass is 16.5. The van der Waals surface area contributed by atoms with Gasteiger partial charge in [0.1, 0.15) is 17.3 Å². The summed E-state index contributed by atoms with van der Waals surface area (Å²) >= 11 is 0. The molecule has 2 aliphatic rings. The Morgan fingerprint density at radius 3 is 2.88 bits per heavy atom. The zero-order chi connectivity index (χ0) is 17.6. The van der Waals surface area contributed by atoms with Gasteiger partial charge in [-0.3, -0.25) is 9.59 Å². The van der Waals surface area contributed by atoms with E-state index in [4.69, 9.17) is 9.15 Å². The number of amides is 2. The van der Waals surface area contributed by atoms with Crippen molar-refractivity contribution >= 4 is 17.5 Å². The summed E-state index contributed by atoms with van der Waals surface area (Å²) in [6, 6.07) is 8.99. The molecule has 2 heterocycles. The fourth-order valence-electron chi connectivity index (χ4n) is 3.13. The Hall–Kier alpha value is -2.76. The molecule has 1 fully saturated rings. The third-order valence-corrected chi connectivity index (χ3v) is 4.76. The van der Waals surface area contributed by atoms with Crippen molar-refractivity contribution in [1.29, 1.82) is 0 Å². The first-order valence-electron chi connectivity index (χ1n) is 8.42. The maximum absolute atomic E-state index is 12.6. The first-order valence-corrected chi connectivity index (χ1v) is 8.42. The summed E-state index contributed by atoms with van der Waals surface area (Å²) in [5.41, 5.74) is 1.10. The van der Waals surface area contributed by atoms with E-state index in [2.05, 4.69) is 12.2 Å². The van der Waals surface area contributed by atoms with Crippen molar-refractivity contribution in [3.63, 3.8) is 0 Å². The van der Waals surface area contributed by atoms with Crippen LogP contribution in [0, 0.1) is 5.92 Å².